The molecule has 0 saturated carbocycles. The lowest BCUT2D eigenvalue weighted by Gasteiger charge is -2.34. The highest BCUT2D eigenvalue weighted by Gasteiger charge is 2.21. The molecule has 2 aliphatic heterocycles. The summed E-state index contributed by atoms with van der Waals surface area (Å²) in [4.78, 5) is 13.2. The van der Waals surface area contributed by atoms with Gasteiger partial charge in [-0.05, 0) is 57.8 Å². The summed E-state index contributed by atoms with van der Waals surface area (Å²) < 4.78 is 0. The third-order valence-electron chi connectivity index (χ3n) is 3.80. The van der Waals surface area contributed by atoms with Gasteiger partial charge in [0, 0.05) is 12.5 Å². The molecule has 86 valence electrons. The van der Waals surface area contributed by atoms with E-state index in [0.29, 0.717) is 5.92 Å². The first-order valence-electron chi connectivity index (χ1n) is 6.27. The van der Waals surface area contributed by atoms with Gasteiger partial charge >= 0.3 is 0 Å². The Morgan fingerprint density at radius 1 is 1.13 bits per heavy atom. The second kappa shape index (κ2) is 5.61. The van der Waals surface area contributed by atoms with Crippen LogP contribution in [0.4, 0.5) is 0 Å². The van der Waals surface area contributed by atoms with Gasteiger partial charge in [0.2, 0.25) is 0 Å². The monoisotopic (exact) mass is 210 g/mol. The number of hydrogen-bond donors (Lipinski definition) is 1. The fourth-order valence-corrected chi connectivity index (χ4v) is 2.70. The van der Waals surface area contributed by atoms with Crippen molar-refractivity contribution >= 4 is 6.29 Å². The lowest BCUT2D eigenvalue weighted by Crippen LogP contribution is -2.40. The predicted octanol–water partition coefficient (Wildman–Crippen LogP) is 0.897. The van der Waals surface area contributed by atoms with E-state index in [2.05, 4.69) is 10.2 Å². The van der Waals surface area contributed by atoms with Crippen LogP contribution in [0.1, 0.15) is 25.7 Å². The van der Waals surface area contributed by atoms with E-state index in [4.69, 9.17) is 0 Å². The molecular formula is C12H22N2O. The van der Waals surface area contributed by atoms with Gasteiger partial charge < -0.3 is 15.0 Å². The quantitative estimate of drug-likeness (QED) is 0.702. The summed E-state index contributed by atoms with van der Waals surface area (Å²) in [6, 6.07) is 0. The maximum absolute atomic E-state index is 10.6. The standard InChI is InChI=1S/C12H22N2O/c15-10-12-3-7-14(8-4-12)9-11-1-5-13-6-2-11/h10-13H,1-9H2. The van der Waals surface area contributed by atoms with E-state index in [1.54, 1.807) is 0 Å². The molecule has 0 atom stereocenters. The average molecular weight is 210 g/mol. The molecule has 15 heavy (non-hydrogen) atoms. The van der Waals surface area contributed by atoms with Crippen LogP contribution in [-0.4, -0.2) is 43.9 Å². The average Bonchev–Trinajstić information content (AvgIpc) is 2.31. The molecule has 0 bridgehead atoms. The molecule has 3 nitrogen and oxygen atoms in total. The molecule has 3 heteroatoms. The lowest BCUT2D eigenvalue weighted by molar-refractivity contribution is -0.112. The molecule has 0 unspecified atom stereocenters. The summed E-state index contributed by atoms with van der Waals surface area (Å²) in [5, 5.41) is 3.40. The maximum atomic E-state index is 10.6. The number of aldehydes is 1. The normalized spacial score (nSPS) is 26.7. The molecule has 0 spiro atoms. The number of piperidine rings is 2. The number of rotatable bonds is 3. The van der Waals surface area contributed by atoms with E-state index >= 15 is 0 Å². The third-order valence-corrected chi connectivity index (χ3v) is 3.80. The zero-order valence-corrected chi connectivity index (χ0v) is 9.45. The molecule has 2 rings (SSSR count). The van der Waals surface area contributed by atoms with Crippen LogP contribution < -0.4 is 5.32 Å². The SMILES string of the molecule is O=CC1CCN(CC2CCNCC2)CC1. The second-order valence-corrected chi connectivity index (χ2v) is 4.97. The number of likely N-dealkylation sites (tertiary alicyclic amines) is 1. The summed E-state index contributed by atoms with van der Waals surface area (Å²) in [6.45, 7) is 5.90. The Bertz CT molecular complexity index is 194. The third kappa shape index (κ3) is 3.28. The minimum atomic E-state index is 0.342. The van der Waals surface area contributed by atoms with Crippen molar-refractivity contribution in [2.24, 2.45) is 11.8 Å². The number of nitrogens with one attached hydrogen (secondary N) is 1. The van der Waals surface area contributed by atoms with Crippen LogP contribution in [0.15, 0.2) is 0 Å². The molecule has 0 aliphatic carbocycles. The largest absolute Gasteiger partial charge is 0.317 e. The zero-order valence-electron chi connectivity index (χ0n) is 9.45. The van der Waals surface area contributed by atoms with Crippen molar-refractivity contribution in [3.05, 3.63) is 0 Å². The molecule has 0 aromatic rings. The fourth-order valence-electron chi connectivity index (χ4n) is 2.70. The number of hydrogen-bond acceptors (Lipinski definition) is 3. The summed E-state index contributed by atoms with van der Waals surface area (Å²) in [6.07, 6.45) is 5.95. The first-order valence-corrected chi connectivity index (χ1v) is 6.27. The van der Waals surface area contributed by atoms with Crippen molar-refractivity contribution in [3.8, 4) is 0 Å². The molecule has 1 N–H and O–H groups in total. The van der Waals surface area contributed by atoms with E-state index in [9.17, 15) is 4.79 Å². The van der Waals surface area contributed by atoms with E-state index in [-0.39, 0.29) is 0 Å². The van der Waals surface area contributed by atoms with Gasteiger partial charge in [0.05, 0.1) is 0 Å². The van der Waals surface area contributed by atoms with E-state index < -0.39 is 0 Å². The van der Waals surface area contributed by atoms with E-state index in [1.807, 2.05) is 0 Å². The number of nitrogens with zero attached hydrogens (tertiary/aromatic N) is 1. The highest BCUT2D eigenvalue weighted by molar-refractivity contribution is 5.53. The second-order valence-electron chi connectivity index (χ2n) is 4.97. The van der Waals surface area contributed by atoms with E-state index in [1.165, 1.54) is 32.5 Å². The van der Waals surface area contributed by atoms with Crippen molar-refractivity contribution < 1.29 is 4.79 Å². The first-order chi connectivity index (χ1) is 7.38. The highest BCUT2D eigenvalue weighted by Crippen LogP contribution is 2.19. The predicted molar refractivity (Wildman–Crippen MR) is 60.8 cm³/mol. The van der Waals surface area contributed by atoms with Gasteiger partial charge in [0.15, 0.2) is 0 Å². The van der Waals surface area contributed by atoms with Crippen LogP contribution in [0, 0.1) is 11.8 Å². The molecule has 2 aliphatic rings. The van der Waals surface area contributed by atoms with Crippen LogP contribution in [0.25, 0.3) is 0 Å². The van der Waals surface area contributed by atoms with Gasteiger partial charge in [0.1, 0.15) is 6.29 Å². The van der Waals surface area contributed by atoms with Gasteiger partial charge in [-0.1, -0.05) is 0 Å². The molecule has 0 aromatic carbocycles. The van der Waals surface area contributed by atoms with E-state index in [0.717, 1.165) is 38.1 Å². The van der Waals surface area contributed by atoms with Gasteiger partial charge in [-0.25, -0.2) is 0 Å². The summed E-state index contributed by atoms with van der Waals surface area (Å²) in [5.41, 5.74) is 0. The van der Waals surface area contributed by atoms with Crippen LogP contribution in [0.3, 0.4) is 0 Å². The fraction of sp³-hybridized carbons (Fsp3) is 0.917. The summed E-state index contributed by atoms with van der Waals surface area (Å²) in [5.74, 6) is 1.23. The molecule has 0 amide bonds. The van der Waals surface area contributed by atoms with Crippen LogP contribution >= 0.6 is 0 Å². The summed E-state index contributed by atoms with van der Waals surface area (Å²) >= 11 is 0. The topological polar surface area (TPSA) is 32.3 Å². The Morgan fingerprint density at radius 3 is 2.40 bits per heavy atom. The zero-order chi connectivity index (χ0) is 10.5. The minimum absolute atomic E-state index is 0.342. The molecule has 2 saturated heterocycles. The molecule has 2 fully saturated rings. The van der Waals surface area contributed by atoms with Crippen LogP contribution in [0.5, 0.6) is 0 Å². The molecular weight excluding hydrogens is 188 g/mol. The van der Waals surface area contributed by atoms with Gasteiger partial charge in [0.25, 0.3) is 0 Å². The Hall–Kier alpha value is -0.410. The van der Waals surface area contributed by atoms with Gasteiger partial charge in [-0.2, -0.15) is 0 Å². The minimum Gasteiger partial charge on any atom is -0.317 e. The van der Waals surface area contributed by atoms with Gasteiger partial charge in [-0.15, -0.1) is 0 Å². The number of carbonyl (C=O) groups is 1. The van der Waals surface area contributed by atoms with Crippen LogP contribution in [-0.2, 0) is 4.79 Å². The highest BCUT2D eigenvalue weighted by atomic mass is 16.1. The Kier molecular flexibility index (Phi) is 4.15. The maximum Gasteiger partial charge on any atom is 0.123 e. The molecule has 2 heterocycles. The molecule has 0 radical (unpaired) electrons. The van der Waals surface area contributed by atoms with Crippen molar-refractivity contribution in [3.63, 3.8) is 0 Å². The van der Waals surface area contributed by atoms with Gasteiger partial charge in [-0.3, -0.25) is 0 Å². The van der Waals surface area contributed by atoms with Crippen molar-refractivity contribution in [2.75, 3.05) is 32.7 Å². The van der Waals surface area contributed by atoms with Crippen molar-refractivity contribution in [1.82, 2.24) is 10.2 Å². The van der Waals surface area contributed by atoms with Crippen molar-refractivity contribution in [1.29, 1.82) is 0 Å². The lowest BCUT2D eigenvalue weighted by atomic mass is 9.94. The molecule has 0 aromatic heterocycles. The Balaban J connectivity index is 1.69. The Labute approximate surface area is 92.2 Å². The summed E-state index contributed by atoms with van der Waals surface area (Å²) in [7, 11) is 0. The van der Waals surface area contributed by atoms with Crippen LogP contribution in [0.2, 0.25) is 0 Å². The Morgan fingerprint density at radius 2 is 1.80 bits per heavy atom. The van der Waals surface area contributed by atoms with Crippen molar-refractivity contribution in [2.45, 2.75) is 25.7 Å². The smallest absolute Gasteiger partial charge is 0.123 e. The number of carbonyl (C=O) groups excluding carboxylic acids is 1. The first kappa shape index (κ1) is 11.1.